The third-order valence-corrected chi connectivity index (χ3v) is 4.45. The number of carbonyl (C=O) groups excluding carboxylic acids is 1. The molecule has 6 nitrogen and oxygen atoms in total. The normalized spacial score (nSPS) is 17.6. The van der Waals surface area contributed by atoms with Crippen LogP contribution >= 0.6 is 11.3 Å². The lowest BCUT2D eigenvalue weighted by atomic mass is 9.94. The van der Waals surface area contributed by atoms with Crippen LogP contribution in [-0.4, -0.2) is 35.1 Å². The molecule has 0 aromatic carbocycles. The van der Waals surface area contributed by atoms with Crippen LogP contribution in [0.2, 0.25) is 0 Å². The second-order valence-electron chi connectivity index (χ2n) is 5.06. The van der Waals surface area contributed by atoms with E-state index in [2.05, 4.69) is 15.6 Å². The molecule has 1 atom stereocenters. The van der Waals surface area contributed by atoms with E-state index in [1.807, 2.05) is 6.92 Å². The maximum atomic E-state index is 12.0. The van der Waals surface area contributed by atoms with Gasteiger partial charge in [0.15, 0.2) is 5.69 Å². The number of rotatable bonds is 5. The van der Waals surface area contributed by atoms with Gasteiger partial charge in [-0.2, -0.15) is 0 Å². The number of aromatic nitrogens is 1. The van der Waals surface area contributed by atoms with Crippen molar-refractivity contribution in [1.29, 1.82) is 0 Å². The van der Waals surface area contributed by atoms with Crippen LogP contribution < -0.4 is 10.6 Å². The molecule has 1 saturated heterocycles. The zero-order chi connectivity index (χ0) is 14.5. The molecule has 0 bridgehead atoms. The van der Waals surface area contributed by atoms with Gasteiger partial charge in [-0.15, -0.1) is 11.3 Å². The van der Waals surface area contributed by atoms with Gasteiger partial charge in [-0.25, -0.2) is 9.78 Å². The summed E-state index contributed by atoms with van der Waals surface area (Å²) < 4.78 is 0. The van der Waals surface area contributed by atoms with Crippen LogP contribution in [0.1, 0.15) is 47.7 Å². The van der Waals surface area contributed by atoms with E-state index in [4.69, 9.17) is 5.11 Å². The van der Waals surface area contributed by atoms with Crippen molar-refractivity contribution < 1.29 is 14.7 Å². The maximum Gasteiger partial charge on any atom is 0.355 e. The lowest BCUT2D eigenvalue weighted by Gasteiger charge is -2.22. The Morgan fingerprint density at radius 1 is 1.55 bits per heavy atom. The van der Waals surface area contributed by atoms with Gasteiger partial charge >= 0.3 is 5.97 Å². The van der Waals surface area contributed by atoms with E-state index >= 15 is 0 Å². The van der Waals surface area contributed by atoms with Gasteiger partial charge in [-0.1, -0.05) is 0 Å². The predicted molar refractivity (Wildman–Crippen MR) is 75.8 cm³/mol. The summed E-state index contributed by atoms with van der Waals surface area (Å²) >= 11 is 1.26. The molecule has 3 N–H and O–H groups in total. The molecule has 1 unspecified atom stereocenters. The minimum absolute atomic E-state index is 0.0106. The second kappa shape index (κ2) is 6.81. The highest BCUT2D eigenvalue weighted by Gasteiger charge is 2.20. The van der Waals surface area contributed by atoms with Crippen molar-refractivity contribution in [3.63, 3.8) is 0 Å². The number of carbonyl (C=O) groups is 2. The zero-order valence-corrected chi connectivity index (χ0v) is 12.2. The third kappa shape index (κ3) is 4.01. The van der Waals surface area contributed by atoms with E-state index in [9.17, 15) is 9.59 Å². The number of thiazole rings is 1. The van der Waals surface area contributed by atoms with Crippen LogP contribution in [-0.2, 0) is 4.79 Å². The number of aromatic carboxylic acids is 1. The summed E-state index contributed by atoms with van der Waals surface area (Å²) in [5, 5.41) is 17.1. The van der Waals surface area contributed by atoms with Gasteiger partial charge in [-0.05, 0) is 38.8 Å². The Morgan fingerprint density at radius 2 is 2.25 bits per heavy atom. The summed E-state index contributed by atoms with van der Waals surface area (Å²) in [6, 6.07) is -0.248. The van der Waals surface area contributed by atoms with Crippen LogP contribution in [0.4, 0.5) is 0 Å². The molecule has 0 radical (unpaired) electrons. The molecule has 1 aliphatic rings. The Hall–Kier alpha value is -1.47. The number of amides is 1. The summed E-state index contributed by atoms with van der Waals surface area (Å²) in [6.07, 6.45) is 2.59. The number of nitrogens with zero attached hydrogens (tertiary/aromatic N) is 1. The quantitative estimate of drug-likeness (QED) is 0.764. The molecule has 2 heterocycles. The van der Waals surface area contributed by atoms with E-state index in [-0.39, 0.29) is 17.6 Å². The Balaban J connectivity index is 1.84. The summed E-state index contributed by atoms with van der Waals surface area (Å²) in [6.45, 7) is 3.77. The molecule has 1 amide bonds. The Morgan fingerprint density at radius 3 is 2.85 bits per heavy atom. The second-order valence-corrected chi connectivity index (χ2v) is 5.95. The molecule has 110 valence electrons. The monoisotopic (exact) mass is 297 g/mol. The van der Waals surface area contributed by atoms with Gasteiger partial charge in [0.1, 0.15) is 5.01 Å². The van der Waals surface area contributed by atoms with Gasteiger partial charge in [0.2, 0.25) is 5.91 Å². The van der Waals surface area contributed by atoms with Crippen LogP contribution in [0.3, 0.4) is 0 Å². The van der Waals surface area contributed by atoms with Crippen molar-refractivity contribution in [3.8, 4) is 0 Å². The summed E-state index contributed by atoms with van der Waals surface area (Å²) in [4.78, 5) is 26.7. The van der Waals surface area contributed by atoms with Crippen molar-refractivity contribution in [1.82, 2.24) is 15.6 Å². The highest BCUT2D eigenvalue weighted by molar-refractivity contribution is 7.09. The SMILES string of the molecule is CC(NC(=O)CC1CCNCC1)c1nc(C(=O)O)cs1. The molecule has 1 aromatic heterocycles. The van der Waals surface area contributed by atoms with Crippen molar-refractivity contribution in [2.75, 3.05) is 13.1 Å². The first-order valence-corrected chi connectivity index (χ1v) is 7.63. The van der Waals surface area contributed by atoms with Gasteiger partial charge in [0.05, 0.1) is 6.04 Å². The average molecular weight is 297 g/mol. The smallest absolute Gasteiger partial charge is 0.355 e. The van der Waals surface area contributed by atoms with Crippen LogP contribution in [0.5, 0.6) is 0 Å². The molecular weight excluding hydrogens is 278 g/mol. The number of hydrogen-bond donors (Lipinski definition) is 3. The van der Waals surface area contributed by atoms with E-state index < -0.39 is 5.97 Å². The molecule has 20 heavy (non-hydrogen) atoms. The predicted octanol–water partition coefficient (Wildman–Crippen LogP) is 1.41. The number of nitrogens with one attached hydrogen (secondary N) is 2. The Kier molecular flexibility index (Phi) is 5.08. The summed E-state index contributed by atoms with van der Waals surface area (Å²) in [7, 11) is 0. The molecule has 1 fully saturated rings. The molecule has 2 rings (SSSR count). The minimum Gasteiger partial charge on any atom is -0.476 e. The lowest BCUT2D eigenvalue weighted by Crippen LogP contribution is -2.33. The van der Waals surface area contributed by atoms with Gasteiger partial charge in [-0.3, -0.25) is 4.79 Å². The van der Waals surface area contributed by atoms with Crippen molar-refractivity contribution in [2.24, 2.45) is 5.92 Å². The van der Waals surface area contributed by atoms with Gasteiger partial charge in [0, 0.05) is 11.8 Å². The molecule has 0 aliphatic carbocycles. The van der Waals surface area contributed by atoms with Crippen LogP contribution in [0.15, 0.2) is 5.38 Å². The van der Waals surface area contributed by atoms with Crippen molar-refractivity contribution in [3.05, 3.63) is 16.1 Å². The maximum absolute atomic E-state index is 12.0. The summed E-state index contributed by atoms with van der Waals surface area (Å²) in [5.74, 6) is -0.591. The van der Waals surface area contributed by atoms with Gasteiger partial charge < -0.3 is 15.7 Å². The highest BCUT2D eigenvalue weighted by Crippen LogP contribution is 2.20. The first-order chi connectivity index (χ1) is 9.56. The number of piperidine rings is 1. The summed E-state index contributed by atoms with van der Waals surface area (Å²) in [5.41, 5.74) is 0.0319. The lowest BCUT2D eigenvalue weighted by molar-refractivity contribution is -0.122. The fourth-order valence-corrected chi connectivity index (χ4v) is 3.09. The largest absolute Gasteiger partial charge is 0.476 e. The third-order valence-electron chi connectivity index (χ3n) is 3.42. The molecule has 0 spiro atoms. The molecular formula is C13H19N3O3S. The topological polar surface area (TPSA) is 91.3 Å². The van der Waals surface area contributed by atoms with Crippen molar-refractivity contribution in [2.45, 2.75) is 32.2 Å². The van der Waals surface area contributed by atoms with E-state index in [0.29, 0.717) is 17.3 Å². The molecule has 0 saturated carbocycles. The average Bonchev–Trinajstić information content (AvgIpc) is 2.89. The van der Waals surface area contributed by atoms with E-state index in [1.54, 1.807) is 0 Å². The Labute approximate surface area is 121 Å². The molecule has 1 aliphatic heterocycles. The van der Waals surface area contributed by atoms with Gasteiger partial charge in [0.25, 0.3) is 0 Å². The van der Waals surface area contributed by atoms with Crippen LogP contribution in [0, 0.1) is 5.92 Å². The van der Waals surface area contributed by atoms with Crippen LogP contribution in [0.25, 0.3) is 0 Å². The zero-order valence-electron chi connectivity index (χ0n) is 11.4. The first-order valence-electron chi connectivity index (χ1n) is 6.75. The first kappa shape index (κ1) is 14.9. The van der Waals surface area contributed by atoms with E-state index in [0.717, 1.165) is 25.9 Å². The Bertz CT molecular complexity index is 483. The van der Waals surface area contributed by atoms with E-state index in [1.165, 1.54) is 16.7 Å². The molecule has 1 aromatic rings. The van der Waals surface area contributed by atoms with Crippen molar-refractivity contribution >= 4 is 23.2 Å². The number of carboxylic acid groups (broad SMARTS) is 1. The minimum atomic E-state index is -1.04. The fourth-order valence-electron chi connectivity index (χ4n) is 2.29. The highest BCUT2D eigenvalue weighted by atomic mass is 32.1. The fraction of sp³-hybridized carbons (Fsp3) is 0.615. The molecule has 7 heteroatoms. The standard InChI is InChI=1S/C13H19N3O3S/c1-8(12-16-10(7-20-12)13(18)19)15-11(17)6-9-2-4-14-5-3-9/h7-9,14H,2-6H2,1H3,(H,15,17)(H,18,19). The number of carboxylic acids is 1. The number of hydrogen-bond acceptors (Lipinski definition) is 5.